The van der Waals surface area contributed by atoms with E-state index in [1.165, 1.54) is 22.2 Å². The molecule has 0 atom stereocenters. The molecule has 2 heteroatoms. The molecule has 1 heterocycles. The van der Waals surface area contributed by atoms with E-state index in [4.69, 9.17) is 0 Å². The molecule has 0 aliphatic rings. The van der Waals surface area contributed by atoms with Crippen LogP contribution in [-0.2, 0) is 12.5 Å². The molecule has 0 N–H and O–H groups in total. The number of aryl methyl sites for hydroxylation is 1. The van der Waals surface area contributed by atoms with E-state index in [0.717, 1.165) is 5.52 Å². The van der Waals surface area contributed by atoms with E-state index in [9.17, 15) is 0 Å². The minimum Gasteiger partial charge on any atom is -0.334 e. The molecule has 0 radical (unpaired) electrons. The zero-order valence-corrected chi connectivity index (χ0v) is 12.5. The lowest BCUT2D eigenvalue weighted by Crippen LogP contribution is -2.12. The van der Waals surface area contributed by atoms with Crippen molar-refractivity contribution < 1.29 is 0 Å². The van der Waals surface area contributed by atoms with Crippen LogP contribution in [0, 0.1) is 0 Å². The number of hydrogen-bond donors (Lipinski definition) is 0. The molecule has 3 aromatic rings. The molecule has 0 saturated heterocycles. The summed E-state index contributed by atoms with van der Waals surface area (Å²) >= 11 is 0. The molecule has 0 saturated carbocycles. The SMILES string of the molecule is Cn1cnc2c(C(C)(C)C)cc(-c3ccccc3)cc21. The van der Waals surface area contributed by atoms with Gasteiger partial charge in [0.1, 0.15) is 0 Å². The van der Waals surface area contributed by atoms with Crippen molar-refractivity contribution in [1.82, 2.24) is 9.55 Å². The van der Waals surface area contributed by atoms with Crippen molar-refractivity contribution in [3.8, 4) is 11.1 Å². The number of rotatable bonds is 1. The largest absolute Gasteiger partial charge is 0.334 e. The second kappa shape index (κ2) is 4.48. The van der Waals surface area contributed by atoms with Gasteiger partial charge in [-0.2, -0.15) is 0 Å². The van der Waals surface area contributed by atoms with Gasteiger partial charge < -0.3 is 4.57 Å². The Morgan fingerprint density at radius 2 is 1.65 bits per heavy atom. The first-order chi connectivity index (χ1) is 9.47. The van der Waals surface area contributed by atoms with Gasteiger partial charge in [0.2, 0.25) is 0 Å². The molecule has 0 fully saturated rings. The summed E-state index contributed by atoms with van der Waals surface area (Å²) in [6, 6.07) is 15.0. The summed E-state index contributed by atoms with van der Waals surface area (Å²) in [5.41, 5.74) is 6.19. The number of aromatic nitrogens is 2. The lowest BCUT2D eigenvalue weighted by Gasteiger charge is -2.21. The fourth-order valence-electron chi connectivity index (χ4n) is 2.60. The monoisotopic (exact) mass is 264 g/mol. The van der Waals surface area contributed by atoms with Crippen LogP contribution in [0.5, 0.6) is 0 Å². The standard InChI is InChI=1S/C18H20N2/c1-18(2,3)15-10-14(13-8-6-5-7-9-13)11-16-17(15)19-12-20(16)4/h5-12H,1-4H3. The van der Waals surface area contributed by atoms with Crippen LogP contribution in [0.15, 0.2) is 48.8 Å². The minimum atomic E-state index is 0.0807. The molecular formula is C18H20N2. The Morgan fingerprint density at radius 3 is 2.30 bits per heavy atom. The number of nitrogens with zero attached hydrogens (tertiary/aromatic N) is 2. The Hall–Kier alpha value is -2.09. The van der Waals surface area contributed by atoms with E-state index in [0.29, 0.717) is 0 Å². The fourth-order valence-corrected chi connectivity index (χ4v) is 2.60. The Balaban J connectivity index is 2.33. The summed E-state index contributed by atoms with van der Waals surface area (Å²) in [5, 5.41) is 0. The molecule has 0 amide bonds. The van der Waals surface area contributed by atoms with Crippen molar-refractivity contribution in [3.63, 3.8) is 0 Å². The highest BCUT2D eigenvalue weighted by Crippen LogP contribution is 2.33. The van der Waals surface area contributed by atoms with Crippen LogP contribution in [-0.4, -0.2) is 9.55 Å². The zero-order chi connectivity index (χ0) is 14.3. The van der Waals surface area contributed by atoms with Crippen molar-refractivity contribution in [3.05, 3.63) is 54.4 Å². The van der Waals surface area contributed by atoms with Crippen molar-refractivity contribution in [2.24, 2.45) is 7.05 Å². The minimum absolute atomic E-state index is 0.0807. The maximum absolute atomic E-state index is 4.58. The Kier molecular flexibility index (Phi) is 2.89. The van der Waals surface area contributed by atoms with Gasteiger partial charge in [0, 0.05) is 7.05 Å². The third-order valence-electron chi connectivity index (χ3n) is 3.74. The van der Waals surface area contributed by atoms with Crippen molar-refractivity contribution in [2.75, 3.05) is 0 Å². The molecule has 0 bridgehead atoms. The predicted octanol–water partition coefficient (Wildman–Crippen LogP) is 4.54. The average molecular weight is 264 g/mol. The van der Waals surface area contributed by atoms with Gasteiger partial charge in [-0.15, -0.1) is 0 Å². The van der Waals surface area contributed by atoms with Gasteiger partial charge in [-0.1, -0.05) is 51.1 Å². The summed E-state index contributed by atoms with van der Waals surface area (Å²) in [7, 11) is 2.05. The molecule has 1 aromatic heterocycles. The lowest BCUT2D eigenvalue weighted by molar-refractivity contribution is 0.595. The highest BCUT2D eigenvalue weighted by atomic mass is 15.0. The first-order valence-corrected chi connectivity index (χ1v) is 6.98. The van der Waals surface area contributed by atoms with Gasteiger partial charge >= 0.3 is 0 Å². The Bertz CT molecular complexity index is 746. The van der Waals surface area contributed by atoms with E-state index in [2.05, 4.69) is 79.8 Å². The van der Waals surface area contributed by atoms with Crippen LogP contribution in [0.25, 0.3) is 22.2 Å². The molecule has 2 aromatic carbocycles. The molecule has 0 unspecified atom stereocenters. The maximum Gasteiger partial charge on any atom is 0.0955 e. The van der Waals surface area contributed by atoms with Crippen molar-refractivity contribution >= 4 is 11.0 Å². The van der Waals surface area contributed by atoms with Crippen LogP contribution < -0.4 is 0 Å². The number of hydrogen-bond acceptors (Lipinski definition) is 1. The topological polar surface area (TPSA) is 17.8 Å². The normalized spacial score (nSPS) is 12.0. The quantitative estimate of drug-likeness (QED) is 0.631. The molecule has 3 rings (SSSR count). The highest BCUT2D eigenvalue weighted by molar-refractivity contribution is 5.86. The van der Waals surface area contributed by atoms with Crippen molar-refractivity contribution in [1.29, 1.82) is 0 Å². The second-order valence-corrected chi connectivity index (χ2v) is 6.36. The van der Waals surface area contributed by atoms with Gasteiger partial charge in [-0.25, -0.2) is 4.98 Å². The van der Waals surface area contributed by atoms with Crippen molar-refractivity contribution in [2.45, 2.75) is 26.2 Å². The van der Waals surface area contributed by atoms with Gasteiger partial charge in [0.15, 0.2) is 0 Å². The highest BCUT2D eigenvalue weighted by Gasteiger charge is 2.20. The second-order valence-electron chi connectivity index (χ2n) is 6.36. The summed E-state index contributed by atoms with van der Waals surface area (Å²) in [5.74, 6) is 0. The fraction of sp³-hybridized carbons (Fsp3) is 0.278. The predicted molar refractivity (Wildman–Crippen MR) is 84.9 cm³/mol. The summed E-state index contributed by atoms with van der Waals surface area (Å²) in [6.07, 6.45) is 1.90. The lowest BCUT2D eigenvalue weighted by atomic mass is 9.84. The maximum atomic E-state index is 4.58. The zero-order valence-electron chi connectivity index (χ0n) is 12.5. The smallest absolute Gasteiger partial charge is 0.0955 e. The molecule has 102 valence electrons. The molecule has 0 spiro atoms. The molecule has 20 heavy (non-hydrogen) atoms. The first-order valence-electron chi connectivity index (χ1n) is 6.98. The molecule has 0 aliphatic heterocycles. The van der Waals surface area contributed by atoms with Gasteiger partial charge in [0.05, 0.1) is 17.4 Å². The Labute approximate surface area is 120 Å². The van der Waals surface area contributed by atoms with Gasteiger partial charge in [0.25, 0.3) is 0 Å². The van der Waals surface area contributed by atoms with E-state index in [1.54, 1.807) is 0 Å². The van der Waals surface area contributed by atoms with Crippen LogP contribution >= 0.6 is 0 Å². The van der Waals surface area contributed by atoms with E-state index >= 15 is 0 Å². The van der Waals surface area contributed by atoms with Crippen LogP contribution in [0.1, 0.15) is 26.3 Å². The third-order valence-corrected chi connectivity index (χ3v) is 3.74. The van der Waals surface area contributed by atoms with Crippen LogP contribution in [0.3, 0.4) is 0 Å². The van der Waals surface area contributed by atoms with E-state index < -0.39 is 0 Å². The number of imidazole rings is 1. The van der Waals surface area contributed by atoms with E-state index in [-0.39, 0.29) is 5.41 Å². The Morgan fingerprint density at radius 1 is 0.950 bits per heavy atom. The van der Waals surface area contributed by atoms with Gasteiger partial charge in [-0.05, 0) is 34.2 Å². The van der Waals surface area contributed by atoms with E-state index in [1.807, 2.05) is 6.33 Å². The van der Waals surface area contributed by atoms with Gasteiger partial charge in [-0.3, -0.25) is 0 Å². The third kappa shape index (κ3) is 2.11. The molecule has 0 aliphatic carbocycles. The summed E-state index contributed by atoms with van der Waals surface area (Å²) in [4.78, 5) is 4.58. The molecular weight excluding hydrogens is 244 g/mol. The summed E-state index contributed by atoms with van der Waals surface area (Å²) in [6.45, 7) is 6.72. The first kappa shape index (κ1) is 12.9. The molecule has 2 nitrogen and oxygen atoms in total. The number of benzene rings is 2. The van der Waals surface area contributed by atoms with Crippen LogP contribution in [0.4, 0.5) is 0 Å². The van der Waals surface area contributed by atoms with Crippen LogP contribution in [0.2, 0.25) is 0 Å². The number of fused-ring (bicyclic) bond motifs is 1. The summed E-state index contributed by atoms with van der Waals surface area (Å²) < 4.78 is 2.09. The average Bonchev–Trinajstić information content (AvgIpc) is 2.79.